The Labute approximate surface area is 197 Å². The summed E-state index contributed by atoms with van der Waals surface area (Å²) in [4.78, 5) is 23.1. The number of nitrogens with one attached hydrogen (secondary N) is 1. The molecule has 0 aliphatic heterocycles. The molecule has 4 rings (SSSR count). The van der Waals surface area contributed by atoms with Crippen LogP contribution in [0.4, 0.5) is 11.4 Å². The van der Waals surface area contributed by atoms with Crippen molar-refractivity contribution in [2.75, 3.05) is 5.32 Å². The first-order valence-corrected chi connectivity index (χ1v) is 11.1. The number of furan rings is 1. The van der Waals surface area contributed by atoms with Gasteiger partial charge in [0.25, 0.3) is 5.69 Å². The highest BCUT2D eigenvalue weighted by Crippen LogP contribution is 2.30. The van der Waals surface area contributed by atoms with Gasteiger partial charge in [0, 0.05) is 12.1 Å². The zero-order chi connectivity index (χ0) is 23.4. The van der Waals surface area contributed by atoms with E-state index in [1.54, 1.807) is 25.3 Å². The molecule has 0 saturated heterocycles. The summed E-state index contributed by atoms with van der Waals surface area (Å²) in [5.41, 5.74) is 1.18. The third kappa shape index (κ3) is 5.24. The Morgan fingerprint density at radius 3 is 2.67 bits per heavy atom. The maximum absolute atomic E-state index is 12.8. The van der Waals surface area contributed by atoms with Crippen molar-refractivity contribution in [3.63, 3.8) is 0 Å². The monoisotopic (exact) mass is 483 g/mol. The Hall–Kier alpha value is -3.63. The molecule has 1 atom stereocenters. The summed E-state index contributed by atoms with van der Waals surface area (Å²) in [5.74, 6) is 0.794. The van der Waals surface area contributed by atoms with Crippen molar-refractivity contribution in [1.29, 1.82) is 0 Å². The van der Waals surface area contributed by atoms with Gasteiger partial charge >= 0.3 is 0 Å². The van der Waals surface area contributed by atoms with Crippen molar-refractivity contribution in [1.82, 2.24) is 14.8 Å². The average Bonchev–Trinajstić information content (AvgIpc) is 3.46. The Kier molecular flexibility index (Phi) is 6.76. The van der Waals surface area contributed by atoms with E-state index in [0.717, 1.165) is 5.56 Å². The highest BCUT2D eigenvalue weighted by molar-refractivity contribution is 8.00. The van der Waals surface area contributed by atoms with Crippen molar-refractivity contribution in [3.8, 4) is 11.6 Å². The quantitative estimate of drug-likeness (QED) is 0.206. The average molecular weight is 484 g/mol. The molecule has 9 nitrogen and oxygen atoms in total. The molecule has 0 saturated carbocycles. The molecule has 11 heteroatoms. The lowest BCUT2D eigenvalue weighted by atomic mass is 10.2. The largest absolute Gasteiger partial charge is 0.461 e. The van der Waals surface area contributed by atoms with E-state index in [4.69, 9.17) is 16.0 Å². The Morgan fingerprint density at radius 1 is 1.21 bits per heavy atom. The minimum atomic E-state index is -0.556. The number of nitrogens with zero attached hydrogens (tertiary/aromatic N) is 4. The summed E-state index contributed by atoms with van der Waals surface area (Å²) < 4.78 is 7.40. The van der Waals surface area contributed by atoms with Crippen molar-refractivity contribution in [3.05, 3.63) is 87.6 Å². The summed E-state index contributed by atoms with van der Waals surface area (Å²) >= 11 is 7.33. The standard InChI is InChI=1S/C22H18ClN5O4S/c1-14(21(29)24-18-10-9-16(28(30)31)12-17(18)23)33-22-26-25-20(19-8-5-11-32-19)27(22)13-15-6-3-2-4-7-15/h2-12,14H,13H2,1H3,(H,24,29)/t14-/m0/s1. The van der Waals surface area contributed by atoms with Crippen LogP contribution in [0, 0.1) is 10.1 Å². The normalized spacial score (nSPS) is 11.8. The highest BCUT2D eigenvalue weighted by atomic mass is 35.5. The second-order valence-electron chi connectivity index (χ2n) is 7.03. The maximum Gasteiger partial charge on any atom is 0.271 e. The highest BCUT2D eigenvalue weighted by Gasteiger charge is 2.23. The van der Waals surface area contributed by atoms with Crippen molar-refractivity contribution in [2.24, 2.45) is 0 Å². The first kappa shape index (κ1) is 22.6. The van der Waals surface area contributed by atoms with E-state index in [9.17, 15) is 14.9 Å². The molecule has 2 aromatic heterocycles. The molecule has 1 amide bonds. The number of amides is 1. The third-order valence-corrected chi connectivity index (χ3v) is 6.11. The third-order valence-electron chi connectivity index (χ3n) is 4.71. The van der Waals surface area contributed by atoms with E-state index in [-0.39, 0.29) is 16.6 Å². The van der Waals surface area contributed by atoms with Crippen LogP contribution >= 0.6 is 23.4 Å². The fourth-order valence-corrected chi connectivity index (χ4v) is 4.11. The Morgan fingerprint density at radius 2 is 2.00 bits per heavy atom. The van der Waals surface area contributed by atoms with E-state index in [2.05, 4.69) is 15.5 Å². The number of hydrogen-bond donors (Lipinski definition) is 1. The lowest BCUT2D eigenvalue weighted by molar-refractivity contribution is -0.384. The number of thioether (sulfide) groups is 1. The number of rotatable bonds is 8. The summed E-state index contributed by atoms with van der Waals surface area (Å²) in [7, 11) is 0. The molecular weight excluding hydrogens is 466 g/mol. The first-order chi connectivity index (χ1) is 15.9. The summed E-state index contributed by atoms with van der Waals surface area (Å²) in [6.45, 7) is 2.22. The smallest absolute Gasteiger partial charge is 0.271 e. The molecule has 0 aliphatic carbocycles. The number of benzene rings is 2. The number of non-ortho nitro benzene ring substituents is 1. The predicted molar refractivity (Wildman–Crippen MR) is 125 cm³/mol. The summed E-state index contributed by atoms with van der Waals surface area (Å²) in [5, 5.41) is 22.2. The van der Waals surface area contributed by atoms with Gasteiger partial charge in [-0.3, -0.25) is 19.5 Å². The minimum Gasteiger partial charge on any atom is -0.461 e. The summed E-state index contributed by atoms with van der Waals surface area (Å²) in [6.07, 6.45) is 1.56. The van der Waals surface area contributed by atoms with Gasteiger partial charge in [0.15, 0.2) is 10.9 Å². The number of nitro groups is 1. The number of anilines is 1. The molecule has 2 heterocycles. The van der Waals surface area contributed by atoms with Crippen LogP contribution < -0.4 is 5.32 Å². The zero-order valence-corrected chi connectivity index (χ0v) is 18.9. The van der Waals surface area contributed by atoms with E-state index < -0.39 is 10.2 Å². The molecule has 33 heavy (non-hydrogen) atoms. The van der Waals surface area contributed by atoms with Gasteiger partial charge in [0.1, 0.15) is 0 Å². The molecule has 1 N–H and O–H groups in total. The molecule has 0 unspecified atom stereocenters. The van der Waals surface area contributed by atoms with Gasteiger partial charge in [-0.2, -0.15) is 0 Å². The van der Waals surface area contributed by atoms with Crippen LogP contribution in [-0.4, -0.2) is 30.8 Å². The van der Waals surface area contributed by atoms with E-state index in [0.29, 0.717) is 29.0 Å². The van der Waals surface area contributed by atoms with Crippen LogP contribution in [-0.2, 0) is 11.3 Å². The molecule has 0 aliphatic rings. The van der Waals surface area contributed by atoms with Crippen molar-refractivity contribution < 1.29 is 14.1 Å². The molecule has 168 valence electrons. The number of halogens is 1. The molecule has 0 radical (unpaired) electrons. The van der Waals surface area contributed by atoms with Gasteiger partial charge in [-0.25, -0.2) is 0 Å². The van der Waals surface area contributed by atoms with Crippen LogP contribution in [0.2, 0.25) is 5.02 Å². The molecule has 4 aromatic rings. The van der Waals surface area contributed by atoms with Gasteiger partial charge in [0.05, 0.1) is 33.7 Å². The number of hydrogen-bond acceptors (Lipinski definition) is 7. The van der Waals surface area contributed by atoms with Crippen LogP contribution in [0.3, 0.4) is 0 Å². The van der Waals surface area contributed by atoms with Crippen molar-refractivity contribution >= 4 is 40.6 Å². The maximum atomic E-state index is 12.8. The fraction of sp³-hybridized carbons (Fsp3) is 0.136. The Bertz CT molecular complexity index is 1280. The number of carbonyl (C=O) groups is 1. The van der Waals surface area contributed by atoms with Crippen LogP contribution in [0.1, 0.15) is 12.5 Å². The van der Waals surface area contributed by atoms with Gasteiger partial charge in [-0.15, -0.1) is 10.2 Å². The van der Waals surface area contributed by atoms with Gasteiger partial charge in [-0.05, 0) is 30.7 Å². The first-order valence-electron chi connectivity index (χ1n) is 9.85. The van der Waals surface area contributed by atoms with Crippen LogP contribution in [0.15, 0.2) is 76.5 Å². The lowest BCUT2D eigenvalue weighted by Crippen LogP contribution is -2.23. The van der Waals surface area contributed by atoms with Crippen LogP contribution in [0.25, 0.3) is 11.6 Å². The van der Waals surface area contributed by atoms with Gasteiger partial charge in [0.2, 0.25) is 11.7 Å². The SMILES string of the molecule is C[C@H](Sc1nnc(-c2ccco2)n1Cc1ccccc1)C(=O)Nc1ccc([N+](=O)[O-])cc1Cl. The fourth-order valence-electron chi connectivity index (χ4n) is 3.04. The Balaban J connectivity index is 1.54. The molecule has 2 aromatic carbocycles. The minimum absolute atomic E-state index is 0.0853. The van der Waals surface area contributed by atoms with Gasteiger partial charge in [-0.1, -0.05) is 53.7 Å². The van der Waals surface area contributed by atoms with Crippen LogP contribution in [0.5, 0.6) is 0 Å². The number of nitro benzene ring substituents is 1. The lowest BCUT2D eigenvalue weighted by Gasteiger charge is -2.14. The second-order valence-corrected chi connectivity index (χ2v) is 8.74. The topological polar surface area (TPSA) is 116 Å². The second kappa shape index (κ2) is 9.88. The predicted octanol–water partition coefficient (Wildman–Crippen LogP) is 5.27. The van der Waals surface area contributed by atoms with Gasteiger partial charge < -0.3 is 9.73 Å². The zero-order valence-electron chi connectivity index (χ0n) is 17.3. The molecule has 0 spiro atoms. The molecular formula is C22H18ClN5O4S. The van der Waals surface area contributed by atoms with E-state index >= 15 is 0 Å². The van der Waals surface area contributed by atoms with E-state index in [1.165, 1.54) is 30.0 Å². The number of aromatic nitrogens is 3. The molecule has 0 bridgehead atoms. The number of carbonyl (C=O) groups excluding carboxylic acids is 1. The molecule has 0 fully saturated rings. The van der Waals surface area contributed by atoms with Crippen molar-refractivity contribution in [2.45, 2.75) is 23.9 Å². The summed E-state index contributed by atoms with van der Waals surface area (Å²) in [6, 6.07) is 17.3. The van der Waals surface area contributed by atoms with E-state index in [1.807, 2.05) is 34.9 Å².